The molecule has 16 heavy (non-hydrogen) atoms. The Labute approximate surface area is 90.7 Å². The zero-order chi connectivity index (χ0) is 11.3. The van der Waals surface area contributed by atoms with Crippen LogP contribution in [0.4, 0.5) is 0 Å². The summed E-state index contributed by atoms with van der Waals surface area (Å²) in [5.74, 6) is 0.144. The maximum Gasteiger partial charge on any atom is 0.335 e. The van der Waals surface area contributed by atoms with Crippen LogP contribution >= 0.6 is 0 Å². The summed E-state index contributed by atoms with van der Waals surface area (Å²) in [4.78, 5) is 18.1. The highest BCUT2D eigenvalue weighted by atomic mass is 16.4. The fourth-order valence-electron chi connectivity index (χ4n) is 1.79. The molecule has 3 rings (SSSR count). The molecule has 1 heterocycles. The fourth-order valence-corrected chi connectivity index (χ4v) is 1.79. The van der Waals surface area contributed by atoms with Crippen molar-refractivity contribution in [3.05, 3.63) is 23.5 Å². The molecule has 82 valence electrons. The molecule has 0 amide bonds. The lowest BCUT2D eigenvalue weighted by atomic mass is 10.2. The molecule has 1 aromatic heterocycles. The second kappa shape index (κ2) is 2.98. The number of carboxylic acids is 1. The van der Waals surface area contributed by atoms with Gasteiger partial charge < -0.3 is 15.2 Å². The van der Waals surface area contributed by atoms with E-state index in [0.717, 1.165) is 18.7 Å². The van der Waals surface area contributed by atoms with Crippen molar-refractivity contribution in [2.24, 2.45) is 0 Å². The summed E-state index contributed by atoms with van der Waals surface area (Å²) in [5.41, 5.74) is 1.10. The van der Waals surface area contributed by atoms with Gasteiger partial charge in [-0.25, -0.2) is 9.78 Å². The van der Waals surface area contributed by atoms with Crippen molar-refractivity contribution < 1.29 is 15.0 Å². The first-order valence-corrected chi connectivity index (χ1v) is 5.11. The van der Waals surface area contributed by atoms with Crippen molar-refractivity contribution >= 4 is 17.0 Å². The molecule has 0 aliphatic heterocycles. The molecule has 1 aliphatic carbocycles. The largest absolute Gasteiger partial charge is 0.506 e. The molecule has 0 atom stereocenters. The lowest BCUT2D eigenvalue weighted by molar-refractivity contribution is 0.0696. The Morgan fingerprint density at radius 1 is 1.44 bits per heavy atom. The summed E-state index contributed by atoms with van der Waals surface area (Å²) < 4.78 is 0. The van der Waals surface area contributed by atoms with E-state index in [2.05, 4.69) is 9.97 Å². The fraction of sp³-hybridized carbons (Fsp3) is 0.273. The van der Waals surface area contributed by atoms with Crippen molar-refractivity contribution in [2.75, 3.05) is 0 Å². The van der Waals surface area contributed by atoms with Crippen molar-refractivity contribution in [2.45, 2.75) is 18.8 Å². The number of nitrogens with one attached hydrogen (secondary N) is 1. The van der Waals surface area contributed by atoms with E-state index in [4.69, 9.17) is 5.11 Å². The standard InChI is InChI=1S/C11H10N2O3/c14-8-4-6(11(15)16)3-7-9(8)13-10(12-7)5-1-2-5/h3-5,14H,1-2H2,(H,12,13)(H,15,16). The van der Waals surface area contributed by atoms with E-state index in [1.54, 1.807) is 0 Å². The number of carbonyl (C=O) groups is 1. The lowest BCUT2D eigenvalue weighted by Gasteiger charge is -1.96. The number of hydrogen-bond acceptors (Lipinski definition) is 3. The number of phenols is 1. The monoisotopic (exact) mass is 218 g/mol. The summed E-state index contributed by atoms with van der Waals surface area (Å²) in [6.07, 6.45) is 2.21. The topological polar surface area (TPSA) is 86.2 Å². The SMILES string of the molecule is O=C(O)c1cc(O)c2nc(C3CC3)[nH]c2c1. The van der Waals surface area contributed by atoms with Gasteiger partial charge in [0.25, 0.3) is 0 Å². The first-order valence-electron chi connectivity index (χ1n) is 5.11. The van der Waals surface area contributed by atoms with E-state index in [-0.39, 0.29) is 11.3 Å². The molecule has 0 radical (unpaired) electrons. The highest BCUT2D eigenvalue weighted by Gasteiger charge is 2.27. The predicted molar refractivity (Wildman–Crippen MR) is 56.7 cm³/mol. The van der Waals surface area contributed by atoms with Crippen molar-refractivity contribution in [1.29, 1.82) is 0 Å². The highest BCUT2D eigenvalue weighted by molar-refractivity contribution is 5.94. The molecule has 5 nitrogen and oxygen atoms in total. The number of aromatic carboxylic acids is 1. The van der Waals surface area contributed by atoms with Crippen LogP contribution in [0.25, 0.3) is 11.0 Å². The Hall–Kier alpha value is -2.04. The number of benzene rings is 1. The van der Waals surface area contributed by atoms with Gasteiger partial charge in [-0.15, -0.1) is 0 Å². The van der Waals surface area contributed by atoms with E-state index < -0.39 is 5.97 Å². The number of aromatic nitrogens is 2. The zero-order valence-electron chi connectivity index (χ0n) is 8.40. The molecule has 1 aromatic carbocycles. The van der Waals surface area contributed by atoms with E-state index >= 15 is 0 Å². The number of carboxylic acid groups (broad SMARTS) is 1. The average Bonchev–Trinajstić information content (AvgIpc) is 2.98. The number of fused-ring (bicyclic) bond motifs is 1. The molecule has 0 saturated heterocycles. The minimum atomic E-state index is -1.06. The number of phenolic OH excluding ortho intramolecular Hbond substituents is 1. The van der Waals surface area contributed by atoms with Crippen LogP contribution in [-0.4, -0.2) is 26.2 Å². The summed E-state index contributed by atoms with van der Waals surface area (Å²) in [6.45, 7) is 0. The summed E-state index contributed by atoms with van der Waals surface area (Å²) in [5, 5.41) is 18.5. The molecule has 1 saturated carbocycles. The molecule has 0 unspecified atom stereocenters. The molecule has 2 aromatic rings. The third-order valence-electron chi connectivity index (χ3n) is 2.80. The first kappa shape index (κ1) is 9.21. The zero-order valence-corrected chi connectivity index (χ0v) is 8.40. The van der Waals surface area contributed by atoms with Gasteiger partial charge in [0, 0.05) is 5.92 Å². The highest BCUT2D eigenvalue weighted by Crippen LogP contribution is 2.40. The van der Waals surface area contributed by atoms with E-state index in [1.165, 1.54) is 12.1 Å². The summed E-state index contributed by atoms with van der Waals surface area (Å²) in [7, 11) is 0. The Kier molecular flexibility index (Phi) is 1.71. The number of nitrogens with zero attached hydrogens (tertiary/aromatic N) is 1. The van der Waals surface area contributed by atoms with Crippen LogP contribution in [0.3, 0.4) is 0 Å². The molecule has 3 N–H and O–H groups in total. The van der Waals surface area contributed by atoms with Crippen molar-refractivity contribution in [3.63, 3.8) is 0 Å². The quantitative estimate of drug-likeness (QED) is 0.717. The van der Waals surface area contributed by atoms with Gasteiger partial charge in [-0.1, -0.05) is 0 Å². The van der Waals surface area contributed by atoms with E-state index in [1.807, 2.05) is 0 Å². The Morgan fingerprint density at radius 2 is 2.19 bits per heavy atom. The van der Waals surface area contributed by atoms with Crippen LogP contribution in [-0.2, 0) is 0 Å². The number of H-pyrrole nitrogens is 1. The number of aromatic hydroxyl groups is 1. The van der Waals surface area contributed by atoms with Gasteiger partial charge >= 0.3 is 5.97 Å². The second-order valence-corrected chi connectivity index (χ2v) is 4.09. The summed E-state index contributed by atoms with van der Waals surface area (Å²) in [6, 6.07) is 2.72. The maximum absolute atomic E-state index is 10.8. The Balaban J connectivity index is 2.21. The molecule has 1 aliphatic rings. The van der Waals surface area contributed by atoms with Crippen LogP contribution < -0.4 is 0 Å². The minimum absolute atomic E-state index is 0.0657. The van der Waals surface area contributed by atoms with Crippen molar-refractivity contribution in [1.82, 2.24) is 9.97 Å². The lowest BCUT2D eigenvalue weighted by Crippen LogP contribution is -1.95. The van der Waals surface area contributed by atoms with Crippen LogP contribution in [0, 0.1) is 0 Å². The first-order chi connectivity index (χ1) is 7.65. The van der Waals surface area contributed by atoms with Gasteiger partial charge in [-0.3, -0.25) is 0 Å². The van der Waals surface area contributed by atoms with E-state index in [0.29, 0.717) is 17.0 Å². The predicted octanol–water partition coefficient (Wildman–Crippen LogP) is 1.84. The molecule has 0 spiro atoms. The minimum Gasteiger partial charge on any atom is -0.506 e. The van der Waals surface area contributed by atoms with Gasteiger partial charge in [0.15, 0.2) is 0 Å². The van der Waals surface area contributed by atoms with Crippen LogP contribution in [0.1, 0.15) is 34.9 Å². The normalized spacial score (nSPS) is 15.5. The van der Waals surface area contributed by atoms with E-state index in [9.17, 15) is 9.90 Å². The van der Waals surface area contributed by atoms with Crippen LogP contribution in [0.2, 0.25) is 0 Å². The van der Waals surface area contributed by atoms with Crippen LogP contribution in [0.15, 0.2) is 12.1 Å². The third-order valence-corrected chi connectivity index (χ3v) is 2.80. The second-order valence-electron chi connectivity index (χ2n) is 4.09. The molecular formula is C11H10N2O3. The van der Waals surface area contributed by atoms with Gasteiger partial charge in [0.05, 0.1) is 11.1 Å². The van der Waals surface area contributed by atoms with Gasteiger partial charge in [-0.2, -0.15) is 0 Å². The van der Waals surface area contributed by atoms with Crippen molar-refractivity contribution in [3.8, 4) is 5.75 Å². The third kappa shape index (κ3) is 1.32. The van der Waals surface area contributed by atoms with Crippen LogP contribution in [0.5, 0.6) is 5.75 Å². The smallest absolute Gasteiger partial charge is 0.335 e. The average molecular weight is 218 g/mol. The van der Waals surface area contributed by atoms with Gasteiger partial charge in [-0.05, 0) is 25.0 Å². The molecular weight excluding hydrogens is 208 g/mol. The Bertz CT molecular complexity index is 584. The number of rotatable bonds is 2. The number of imidazole rings is 1. The molecule has 5 heteroatoms. The molecule has 0 bridgehead atoms. The number of aromatic amines is 1. The molecule has 1 fully saturated rings. The Morgan fingerprint density at radius 3 is 2.81 bits per heavy atom. The summed E-state index contributed by atoms with van der Waals surface area (Å²) >= 11 is 0. The number of hydrogen-bond donors (Lipinski definition) is 3. The van der Waals surface area contributed by atoms with Gasteiger partial charge in [0.1, 0.15) is 17.1 Å². The maximum atomic E-state index is 10.8. The van der Waals surface area contributed by atoms with Gasteiger partial charge in [0.2, 0.25) is 0 Å².